The van der Waals surface area contributed by atoms with E-state index in [0.29, 0.717) is 42.9 Å². The molecule has 4 saturated carbocycles. The van der Waals surface area contributed by atoms with Crippen molar-refractivity contribution in [2.75, 3.05) is 0 Å². The van der Waals surface area contributed by atoms with Gasteiger partial charge in [0.2, 0.25) is 0 Å². The van der Waals surface area contributed by atoms with E-state index < -0.39 is 17.7 Å². The zero-order chi connectivity index (χ0) is 25.5. The molecule has 4 aliphatic carbocycles. The normalized spacial score (nSPS) is 43.1. The summed E-state index contributed by atoms with van der Waals surface area (Å²) in [7, 11) is 0. The zero-order valence-electron chi connectivity index (χ0n) is 22.6. The molecule has 5 heteroatoms. The van der Waals surface area contributed by atoms with Gasteiger partial charge in [-0.3, -0.25) is 0 Å². The summed E-state index contributed by atoms with van der Waals surface area (Å²) in [6.45, 7) is 12.0. The van der Waals surface area contributed by atoms with Gasteiger partial charge >= 0.3 is 6.18 Å². The number of hydrogen-bond donors (Lipinski definition) is 2. The minimum Gasteiger partial charge on any atom is -0.393 e. The number of rotatable bonds is 5. The summed E-state index contributed by atoms with van der Waals surface area (Å²) in [6, 6.07) is 0. The standard InChI is InChI=1S/C27H45F3O2.C2H6/c1-24(2,32)13-5-6-23(27(28,29)30)22-10-9-20-19-8-7-17-16-18(31)11-14-25(17,3)21(19)12-15-26(20,22)4;1-2/h17-23,31-32H,5-16H2,1-4H3;1-2H3/t17-,18?,19?,20?,21?,22?,23?,25?,26?;/m0./s1. The van der Waals surface area contributed by atoms with Crippen LogP contribution in [0.2, 0.25) is 0 Å². The van der Waals surface area contributed by atoms with E-state index >= 15 is 0 Å². The fraction of sp³-hybridized carbons (Fsp3) is 1.00. The Balaban J connectivity index is 0.00000158. The van der Waals surface area contributed by atoms with Crippen LogP contribution in [0.5, 0.6) is 0 Å². The highest BCUT2D eigenvalue weighted by Crippen LogP contribution is 2.69. The van der Waals surface area contributed by atoms with Crippen molar-refractivity contribution in [1.82, 2.24) is 0 Å². The molecular weight excluding hydrogens is 437 g/mol. The molecule has 34 heavy (non-hydrogen) atoms. The fourth-order valence-electron chi connectivity index (χ4n) is 9.28. The molecule has 0 amide bonds. The van der Waals surface area contributed by atoms with Crippen LogP contribution >= 0.6 is 0 Å². The highest BCUT2D eigenvalue weighted by atomic mass is 19.4. The van der Waals surface area contributed by atoms with Crippen LogP contribution in [0.3, 0.4) is 0 Å². The second-order valence-corrected chi connectivity index (χ2v) is 13.2. The first-order valence-corrected chi connectivity index (χ1v) is 14.2. The van der Waals surface area contributed by atoms with Gasteiger partial charge in [0, 0.05) is 0 Å². The van der Waals surface area contributed by atoms with E-state index in [4.69, 9.17) is 0 Å². The Kier molecular flexibility index (Phi) is 8.51. The first-order valence-electron chi connectivity index (χ1n) is 14.2. The molecule has 9 atom stereocenters. The Hall–Kier alpha value is -0.290. The van der Waals surface area contributed by atoms with Gasteiger partial charge in [-0.2, -0.15) is 13.2 Å². The SMILES string of the molecule is CC.CC(C)(O)CCCC(C1CCC2C3CC[C@H]4CC(O)CCC4(C)C3CCC21C)C(F)(F)F. The Morgan fingerprint density at radius 1 is 0.882 bits per heavy atom. The topological polar surface area (TPSA) is 40.5 Å². The van der Waals surface area contributed by atoms with E-state index in [9.17, 15) is 23.4 Å². The minimum atomic E-state index is -4.16. The molecule has 4 fully saturated rings. The highest BCUT2D eigenvalue weighted by molar-refractivity contribution is 5.10. The zero-order valence-corrected chi connectivity index (χ0v) is 22.6. The summed E-state index contributed by atoms with van der Waals surface area (Å²) >= 11 is 0. The van der Waals surface area contributed by atoms with Crippen LogP contribution in [-0.4, -0.2) is 28.1 Å². The highest BCUT2D eigenvalue weighted by Gasteiger charge is 2.63. The van der Waals surface area contributed by atoms with E-state index in [2.05, 4.69) is 13.8 Å². The van der Waals surface area contributed by atoms with Crippen LogP contribution in [0, 0.1) is 46.3 Å². The summed E-state index contributed by atoms with van der Waals surface area (Å²) in [6.07, 6.45) is 5.47. The Morgan fingerprint density at radius 3 is 2.12 bits per heavy atom. The summed E-state index contributed by atoms with van der Waals surface area (Å²) in [5, 5.41) is 20.2. The van der Waals surface area contributed by atoms with Gasteiger partial charge in [-0.15, -0.1) is 0 Å². The molecule has 0 radical (unpaired) electrons. The maximum Gasteiger partial charge on any atom is 0.392 e. The molecule has 0 spiro atoms. The first kappa shape index (κ1) is 28.3. The van der Waals surface area contributed by atoms with Gasteiger partial charge in [0.15, 0.2) is 0 Å². The predicted octanol–water partition coefficient (Wildman–Crippen LogP) is 8.15. The Labute approximate surface area is 206 Å². The van der Waals surface area contributed by atoms with Crippen molar-refractivity contribution < 1.29 is 23.4 Å². The van der Waals surface area contributed by atoms with Gasteiger partial charge in [-0.25, -0.2) is 0 Å². The largest absolute Gasteiger partial charge is 0.393 e. The average Bonchev–Trinajstić information content (AvgIpc) is 3.08. The summed E-state index contributed by atoms with van der Waals surface area (Å²) in [5.74, 6) is 0.640. The molecule has 200 valence electrons. The van der Waals surface area contributed by atoms with Gasteiger partial charge in [-0.1, -0.05) is 27.7 Å². The number of hydrogen-bond acceptors (Lipinski definition) is 2. The van der Waals surface area contributed by atoms with Crippen molar-refractivity contribution in [3.05, 3.63) is 0 Å². The van der Waals surface area contributed by atoms with Crippen molar-refractivity contribution in [1.29, 1.82) is 0 Å². The minimum absolute atomic E-state index is 0.145. The van der Waals surface area contributed by atoms with E-state index in [0.717, 1.165) is 51.4 Å². The lowest BCUT2D eigenvalue weighted by atomic mass is 9.44. The Morgan fingerprint density at radius 2 is 1.50 bits per heavy atom. The van der Waals surface area contributed by atoms with Crippen LogP contribution < -0.4 is 0 Å². The van der Waals surface area contributed by atoms with E-state index in [1.807, 2.05) is 13.8 Å². The van der Waals surface area contributed by atoms with Crippen molar-refractivity contribution >= 4 is 0 Å². The number of halogens is 3. The van der Waals surface area contributed by atoms with E-state index in [1.54, 1.807) is 13.8 Å². The molecular formula is C29H51F3O2. The van der Waals surface area contributed by atoms with Crippen LogP contribution in [0.4, 0.5) is 13.2 Å². The first-order chi connectivity index (χ1) is 15.8. The van der Waals surface area contributed by atoms with Crippen LogP contribution in [0.1, 0.15) is 119 Å². The molecule has 4 rings (SSSR count). The van der Waals surface area contributed by atoms with Crippen molar-refractivity contribution in [3.63, 3.8) is 0 Å². The van der Waals surface area contributed by atoms with Crippen molar-refractivity contribution in [2.45, 2.75) is 136 Å². The maximum absolute atomic E-state index is 14.3. The van der Waals surface area contributed by atoms with Crippen molar-refractivity contribution in [3.8, 4) is 0 Å². The molecule has 0 aromatic rings. The van der Waals surface area contributed by atoms with E-state index in [-0.39, 0.29) is 29.3 Å². The molecule has 0 aliphatic heterocycles. The lowest BCUT2D eigenvalue weighted by molar-refractivity contribution is -0.209. The lowest BCUT2D eigenvalue weighted by Crippen LogP contribution is -2.54. The van der Waals surface area contributed by atoms with Gasteiger partial charge in [0.05, 0.1) is 17.6 Å². The van der Waals surface area contributed by atoms with Crippen molar-refractivity contribution in [2.24, 2.45) is 46.3 Å². The number of aliphatic hydroxyl groups is 2. The molecule has 4 aliphatic rings. The third-order valence-corrected chi connectivity index (χ3v) is 10.9. The fourth-order valence-corrected chi connectivity index (χ4v) is 9.28. The molecule has 2 N–H and O–H groups in total. The quantitative estimate of drug-likeness (QED) is 0.410. The predicted molar refractivity (Wildman–Crippen MR) is 132 cm³/mol. The monoisotopic (exact) mass is 488 g/mol. The molecule has 0 aromatic heterocycles. The Bertz CT molecular complexity index is 671. The van der Waals surface area contributed by atoms with Crippen LogP contribution in [-0.2, 0) is 0 Å². The third kappa shape index (κ3) is 5.36. The summed E-state index contributed by atoms with van der Waals surface area (Å²) in [5.41, 5.74) is -0.858. The van der Waals surface area contributed by atoms with Gasteiger partial charge in [0.25, 0.3) is 0 Å². The van der Waals surface area contributed by atoms with Gasteiger partial charge < -0.3 is 10.2 Å². The van der Waals surface area contributed by atoms with Gasteiger partial charge in [-0.05, 0) is 131 Å². The third-order valence-electron chi connectivity index (χ3n) is 10.9. The molecule has 2 nitrogen and oxygen atoms in total. The second-order valence-electron chi connectivity index (χ2n) is 13.2. The molecule has 0 saturated heterocycles. The second kappa shape index (κ2) is 10.2. The molecule has 8 unspecified atom stereocenters. The summed E-state index contributed by atoms with van der Waals surface area (Å²) < 4.78 is 42.9. The number of aliphatic hydroxyl groups excluding tert-OH is 1. The average molecular weight is 489 g/mol. The lowest BCUT2D eigenvalue weighted by Gasteiger charge is -2.61. The molecule has 0 bridgehead atoms. The van der Waals surface area contributed by atoms with Crippen LogP contribution in [0.25, 0.3) is 0 Å². The molecule has 0 heterocycles. The summed E-state index contributed by atoms with van der Waals surface area (Å²) in [4.78, 5) is 0. The van der Waals surface area contributed by atoms with Crippen LogP contribution in [0.15, 0.2) is 0 Å². The van der Waals surface area contributed by atoms with E-state index in [1.165, 1.54) is 0 Å². The maximum atomic E-state index is 14.3. The smallest absolute Gasteiger partial charge is 0.392 e. The number of fused-ring (bicyclic) bond motifs is 5. The van der Waals surface area contributed by atoms with Gasteiger partial charge in [0.1, 0.15) is 0 Å². The number of alkyl halides is 3. The molecule has 0 aromatic carbocycles.